The van der Waals surface area contributed by atoms with Crippen LogP contribution in [0, 0.1) is 0 Å². The van der Waals surface area contributed by atoms with Crippen LogP contribution in [-0.2, 0) is 19.6 Å². The summed E-state index contributed by atoms with van der Waals surface area (Å²) in [5.74, 6) is 1.76. The predicted molar refractivity (Wildman–Crippen MR) is 78.7 cm³/mol. The number of nitrogens with one attached hydrogen (secondary N) is 1. The van der Waals surface area contributed by atoms with Crippen molar-refractivity contribution in [3.05, 3.63) is 53.5 Å². The van der Waals surface area contributed by atoms with E-state index in [1.807, 2.05) is 18.4 Å². The number of hydrogen-bond donors (Lipinski definition) is 1. The van der Waals surface area contributed by atoms with Gasteiger partial charge in [-0.25, -0.2) is 0 Å². The maximum absolute atomic E-state index is 5.73. The van der Waals surface area contributed by atoms with Crippen LogP contribution in [0.25, 0.3) is 0 Å². The summed E-state index contributed by atoms with van der Waals surface area (Å²) in [4.78, 5) is 0. The van der Waals surface area contributed by atoms with Crippen molar-refractivity contribution in [2.45, 2.75) is 45.4 Å². The zero-order valence-corrected chi connectivity index (χ0v) is 11.9. The quantitative estimate of drug-likeness (QED) is 0.834. The van der Waals surface area contributed by atoms with E-state index in [1.165, 1.54) is 24.0 Å². The van der Waals surface area contributed by atoms with Crippen molar-refractivity contribution >= 4 is 0 Å². The van der Waals surface area contributed by atoms with Gasteiger partial charge in [-0.3, -0.25) is 0 Å². The monoisotopic (exact) mass is 271 g/mol. The van der Waals surface area contributed by atoms with Crippen molar-refractivity contribution < 1.29 is 9.15 Å². The summed E-state index contributed by atoms with van der Waals surface area (Å²) in [5, 5.41) is 3.47. The molecule has 106 valence electrons. The molecule has 0 radical (unpaired) electrons. The van der Waals surface area contributed by atoms with Gasteiger partial charge >= 0.3 is 0 Å². The molecule has 1 saturated carbocycles. The summed E-state index contributed by atoms with van der Waals surface area (Å²) in [5.41, 5.74) is 2.51. The SMILES string of the molecule is CCc1ccc(OCc2cc(CNC3CC3)co2)cc1. The molecule has 3 heteroatoms. The molecule has 0 aliphatic heterocycles. The molecular weight excluding hydrogens is 250 g/mol. The molecule has 1 N–H and O–H groups in total. The van der Waals surface area contributed by atoms with Gasteiger partial charge in [-0.05, 0) is 43.0 Å². The van der Waals surface area contributed by atoms with Gasteiger partial charge in [0.25, 0.3) is 0 Å². The van der Waals surface area contributed by atoms with Gasteiger partial charge in [-0.2, -0.15) is 0 Å². The molecule has 0 atom stereocenters. The standard InChI is InChI=1S/C17H21NO2/c1-2-13-3-7-16(8-4-13)20-12-17-9-14(11-19-17)10-18-15-5-6-15/h3-4,7-9,11,15,18H,2,5-6,10,12H2,1H3. The molecule has 0 bridgehead atoms. The van der Waals surface area contributed by atoms with Crippen LogP contribution in [0.2, 0.25) is 0 Å². The lowest BCUT2D eigenvalue weighted by atomic mass is 10.2. The number of aryl methyl sites for hydroxylation is 1. The Kier molecular flexibility index (Phi) is 4.07. The highest BCUT2D eigenvalue weighted by atomic mass is 16.5. The third-order valence-electron chi connectivity index (χ3n) is 3.59. The Bertz CT molecular complexity index is 540. The Morgan fingerprint density at radius 2 is 2.00 bits per heavy atom. The van der Waals surface area contributed by atoms with Crippen LogP contribution in [0.15, 0.2) is 41.0 Å². The molecule has 0 amide bonds. The predicted octanol–water partition coefficient (Wildman–Crippen LogP) is 3.67. The second-order valence-electron chi connectivity index (χ2n) is 5.36. The van der Waals surface area contributed by atoms with E-state index < -0.39 is 0 Å². The van der Waals surface area contributed by atoms with Crippen LogP contribution in [0.3, 0.4) is 0 Å². The third-order valence-corrected chi connectivity index (χ3v) is 3.59. The summed E-state index contributed by atoms with van der Waals surface area (Å²) >= 11 is 0. The van der Waals surface area contributed by atoms with Crippen LogP contribution < -0.4 is 10.1 Å². The number of hydrogen-bond acceptors (Lipinski definition) is 3. The van der Waals surface area contributed by atoms with Crippen molar-refractivity contribution in [3.63, 3.8) is 0 Å². The lowest BCUT2D eigenvalue weighted by Crippen LogP contribution is -2.14. The normalized spacial score (nSPS) is 14.4. The van der Waals surface area contributed by atoms with Crippen LogP contribution in [-0.4, -0.2) is 6.04 Å². The second-order valence-corrected chi connectivity index (χ2v) is 5.36. The van der Waals surface area contributed by atoms with Crippen LogP contribution in [0.1, 0.15) is 36.7 Å². The average Bonchev–Trinajstić information content (AvgIpc) is 3.22. The minimum atomic E-state index is 0.481. The van der Waals surface area contributed by atoms with Gasteiger partial charge in [-0.15, -0.1) is 0 Å². The molecule has 0 unspecified atom stereocenters. The minimum absolute atomic E-state index is 0.481. The Balaban J connectivity index is 1.49. The van der Waals surface area contributed by atoms with E-state index in [0.29, 0.717) is 6.61 Å². The van der Waals surface area contributed by atoms with Crippen LogP contribution in [0.5, 0.6) is 5.75 Å². The Hall–Kier alpha value is -1.74. The smallest absolute Gasteiger partial charge is 0.146 e. The van der Waals surface area contributed by atoms with E-state index in [4.69, 9.17) is 9.15 Å². The summed E-state index contributed by atoms with van der Waals surface area (Å²) in [6, 6.07) is 11.0. The molecule has 20 heavy (non-hydrogen) atoms. The first-order valence-electron chi connectivity index (χ1n) is 7.35. The maximum atomic E-state index is 5.73. The van der Waals surface area contributed by atoms with E-state index in [-0.39, 0.29) is 0 Å². The van der Waals surface area contributed by atoms with Gasteiger partial charge < -0.3 is 14.5 Å². The van der Waals surface area contributed by atoms with Crippen LogP contribution >= 0.6 is 0 Å². The minimum Gasteiger partial charge on any atom is -0.486 e. The van der Waals surface area contributed by atoms with E-state index >= 15 is 0 Å². The van der Waals surface area contributed by atoms with Gasteiger partial charge in [0.2, 0.25) is 0 Å². The third kappa shape index (κ3) is 3.64. The Morgan fingerprint density at radius 3 is 2.70 bits per heavy atom. The first kappa shape index (κ1) is 13.3. The highest BCUT2D eigenvalue weighted by molar-refractivity contribution is 5.27. The molecular formula is C17H21NO2. The number of rotatable bonds is 7. The average molecular weight is 271 g/mol. The molecule has 0 saturated heterocycles. The van der Waals surface area contributed by atoms with Gasteiger partial charge in [0.05, 0.1) is 6.26 Å². The molecule has 0 spiro atoms. The number of furan rings is 1. The second kappa shape index (κ2) is 6.14. The van der Waals surface area contributed by atoms with Crippen molar-refractivity contribution in [2.75, 3.05) is 0 Å². The topological polar surface area (TPSA) is 34.4 Å². The number of benzene rings is 1. The molecule has 1 aromatic heterocycles. The fourth-order valence-electron chi connectivity index (χ4n) is 2.12. The molecule has 1 aliphatic carbocycles. The fourth-order valence-corrected chi connectivity index (χ4v) is 2.12. The van der Waals surface area contributed by atoms with Gasteiger partial charge in [-0.1, -0.05) is 19.1 Å². The molecule has 1 fully saturated rings. The molecule has 1 aliphatic rings. The van der Waals surface area contributed by atoms with E-state index in [1.54, 1.807) is 0 Å². The first-order chi connectivity index (χ1) is 9.83. The maximum Gasteiger partial charge on any atom is 0.146 e. The Morgan fingerprint density at radius 1 is 1.20 bits per heavy atom. The summed E-state index contributed by atoms with van der Waals surface area (Å²) < 4.78 is 11.2. The lowest BCUT2D eigenvalue weighted by molar-refractivity contribution is 0.270. The Labute approximate surface area is 119 Å². The van der Waals surface area contributed by atoms with Gasteiger partial charge in [0, 0.05) is 18.2 Å². The molecule has 1 aromatic carbocycles. The van der Waals surface area contributed by atoms with Crippen molar-refractivity contribution in [2.24, 2.45) is 0 Å². The van der Waals surface area contributed by atoms with Crippen molar-refractivity contribution in [1.29, 1.82) is 0 Å². The first-order valence-corrected chi connectivity index (χ1v) is 7.35. The zero-order valence-electron chi connectivity index (χ0n) is 11.9. The van der Waals surface area contributed by atoms with E-state index in [0.717, 1.165) is 30.5 Å². The summed E-state index contributed by atoms with van der Waals surface area (Å²) in [6.07, 6.45) is 5.48. The van der Waals surface area contributed by atoms with Crippen LogP contribution in [0.4, 0.5) is 0 Å². The summed E-state index contributed by atoms with van der Waals surface area (Å²) in [7, 11) is 0. The highest BCUT2D eigenvalue weighted by Crippen LogP contribution is 2.20. The molecule has 1 heterocycles. The molecule has 3 rings (SSSR count). The summed E-state index contributed by atoms with van der Waals surface area (Å²) in [6.45, 7) is 3.52. The van der Waals surface area contributed by atoms with Crippen molar-refractivity contribution in [3.8, 4) is 5.75 Å². The van der Waals surface area contributed by atoms with Gasteiger partial charge in [0.15, 0.2) is 0 Å². The van der Waals surface area contributed by atoms with E-state index in [9.17, 15) is 0 Å². The molecule has 2 aromatic rings. The number of ether oxygens (including phenoxy) is 1. The van der Waals surface area contributed by atoms with Gasteiger partial charge in [0.1, 0.15) is 18.1 Å². The molecule has 3 nitrogen and oxygen atoms in total. The van der Waals surface area contributed by atoms with E-state index in [2.05, 4.69) is 30.4 Å². The largest absolute Gasteiger partial charge is 0.486 e. The fraction of sp³-hybridized carbons (Fsp3) is 0.412. The zero-order chi connectivity index (χ0) is 13.8. The van der Waals surface area contributed by atoms with Crippen molar-refractivity contribution in [1.82, 2.24) is 5.32 Å². The lowest BCUT2D eigenvalue weighted by Gasteiger charge is -2.04. The highest BCUT2D eigenvalue weighted by Gasteiger charge is 2.20.